The average Bonchev–Trinajstić information content (AvgIpc) is 3.13. The van der Waals surface area contributed by atoms with Crippen molar-refractivity contribution in [2.24, 2.45) is 0 Å². The zero-order valence-corrected chi connectivity index (χ0v) is 17.5. The molecule has 0 radical (unpaired) electrons. The van der Waals surface area contributed by atoms with Crippen LogP contribution in [-0.2, 0) is 14.8 Å². The number of sulfonamides is 1. The molecule has 0 saturated heterocycles. The zero-order chi connectivity index (χ0) is 21.2. The molecule has 1 unspecified atom stereocenters. The van der Waals surface area contributed by atoms with Gasteiger partial charge in [0.05, 0.1) is 27.4 Å². The lowest BCUT2D eigenvalue weighted by molar-refractivity contribution is 0.119. The predicted molar refractivity (Wildman–Crippen MR) is 106 cm³/mol. The van der Waals surface area contributed by atoms with E-state index in [2.05, 4.69) is 9.88 Å². The summed E-state index contributed by atoms with van der Waals surface area (Å²) in [6.45, 7) is 1.87. The van der Waals surface area contributed by atoms with Crippen LogP contribution in [0.5, 0.6) is 17.2 Å². The molecular weight excluding hydrogens is 400 g/mol. The molecule has 0 bridgehead atoms. The topological polar surface area (TPSA) is 109 Å². The lowest BCUT2D eigenvalue weighted by atomic mass is 10.1. The Kier molecular flexibility index (Phi) is 5.85. The molecule has 0 spiro atoms. The summed E-state index contributed by atoms with van der Waals surface area (Å²) in [5.74, 6) is 0.648. The number of methoxy groups -OCH3 is 4. The van der Waals surface area contributed by atoms with Gasteiger partial charge in [-0.2, -0.15) is 0 Å². The number of ether oxygens (including phenoxy) is 4. The molecule has 0 amide bonds. The Balaban J connectivity index is 2.12. The molecule has 0 fully saturated rings. The van der Waals surface area contributed by atoms with Gasteiger partial charge in [0.25, 0.3) is 10.0 Å². The van der Waals surface area contributed by atoms with Crippen LogP contribution in [0.2, 0.25) is 0 Å². The van der Waals surface area contributed by atoms with E-state index >= 15 is 0 Å². The minimum absolute atomic E-state index is 0.0126. The van der Waals surface area contributed by atoms with E-state index in [0.717, 1.165) is 5.56 Å². The molecule has 10 heteroatoms. The van der Waals surface area contributed by atoms with Crippen LogP contribution in [0.15, 0.2) is 39.8 Å². The Morgan fingerprint density at radius 2 is 1.62 bits per heavy atom. The maximum absolute atomic E-state index is 13.1. The quantitative estimate of drug-likeness (QED) is 0.589. The molecule has 0 aliphatic carbocycles. The molecule has 156 valence electrons. The molecule has 9 nitrogen and oxygen atoms in total. The third-order valence-corrected chi connectivity index (χ3v) is 5.89. The van der Waals surface area contributed by atoms with Crippen LogP contribution >= 0.6 is 0 Å². The summed E-state index contributed by atoms with van der Waals surface area (Å²) in [4.78, 5) is -0.148. The van der Waals surface area contributed by atoms with Crippen molar-refractivity contribution in [3.05, 3.63) is 35.9 Å². The first-order valence-electron chi connectivity index (χ1n) is 8.60. The van der Waals surface area contributed by atoms with E-state index in [1.807, 2.05) is 6.92 Å². The third-order valence-electron chi connectivity index (χ3n) is 4.49. The fraction of sp³-hybridized carbons (Fsp3) is 0.316. The number of rotatable bonds is 8. The van der Waals surface area contributed by atoms with Crippen LogP contribution in [-0.4, -0.2) is 42.0 Å². The van der Waals surface area contributed by atoms with Gasteiger partial charge in [-0.25, -0.2) is 8.42 Å². The van der Waals surface area contributed by atoms with Gasteiger partial charge < -0.3 is 23.5 Å². The van der Waals surface area contributed by atoms with Gasteiger partial charge in [0.1, 0.15) is 22.6 Å². The van der Waals surface area contributed by atoms with Crippen molar-refractivity contribution in [2.45, 2.75) is 17.9 Å². The number of nitrogens with zero attached hydrogens (tertiary/aromatic N) is 1. The number of aromatic nitrogens is 1. The van der Waals surface area contributed by atoms with E-state index in [-0.39, 0.29) is 28.3 Å². The van der Waals surface area contributed by atoms with Crippen LogP contribution in [0.1, 0.15) is 18.6 Å². The Hall–Kier alpha value is -2.98. The molecule has 1 heterocycles. The van der Waals surface area contributed by atoms with Crippen molar-refractivity contribution < 1.29 is 31.9 Å². The molecule has 0 saturated carbocycles. The summed E-state index contributed by atoms with van der Waals surface area (Å²) in [6.07, 6.45) is -0.212. The van der Waals surface area contributed by atoms with Gasteiger partial charge in [0.2, 0.25) is 0 Å². The largest absolute Gasteiger partial charge is 0.496 e. The summed E-state index contributed by atoms with van der Waals surface area (Å²) in [7, 11) is 1.69. The van der Waals surface area contributed by atoms with Crippen LogP contribution < -0.4 is 18.9 Å². The molecule has 0 aliphatic heterocycles. The second-order valence-electron chi connectivity index (χ2n) is 6.10. The zero-order valence-electron chi connectivity index (χ0n) is 16.7. The van der Waals surface area contributed by atoms with E-state index in [4.69, 9.17) is 23.5 Å². The molecule has 3 aromatic rings. The highest BCUT2D eigenvalue weighted by Gasteiger charge is 2.28. The van der Waals surface area contributed by atoms with Gasteiger partial charge in [-0.05, 0) is 36.8 Å². The lowest BCUT2D eigenvalue weighted by Gasteiger charge is -2.14. The van der Waals surface area contributed by atoms with Gasteiger partial charge in [-0.15, -0.1) is 0 Å². The normalized spacial score (nSPS) is 12.6. The number of hydrogen-bond acceptors (Lipinski definition) is 8. The molecule has 0 aliphatic rings. The van der Waals surface area contributed by atoms with Gasteiger partial charge in [-0.1, -0.05) is 11.2 Å². The minimum atomic E-state index is -4.12. The molecule has 1 N–H and O–H groups in total. The molecule has 29 heavy (non-hydrogen) atoms. The van der Waals surface area contributed by atoms with E-state index < -0.39 is 10.0 Å². The highest BCUT2D eigenvalue weighted by Crippen LogP contribution is 2.39. The van der Waals surface area contributed by atoms with Crippen molar-refractivity contribution in [1.82, 2.24) is 5.16 Å². The van der Waals surface area contributed by atoms with Crippen LogP contribution in [0.4, 0.5) is 5.82 Å². The first-order valence-corrected chi connectivity index (χ1v) is 10.1. The number of fused-ring (bicyclic) bond motifs is 1. The van der Waals surface area contributed by atoms with E-state index in [1.165, 1.54) is 33.5 Å². The first-order chi connectivity index (χ1) is 13.9. The Morgan fingerprint density at radius 1 is 1.00 bits per heavy atom. The maximum atomic E-state index is 13.1. The Bertz CT molecular complexity index is 1100. The highest BCUT2D eigenvalue weighted by atomic mass is 32.2. The number of nitrogens with one attached hydrogen (secondary N) is 1. The summed E-state index contributed by atoms with van der Waals surface area (Å²) < 4.78 is 55.2. The highest BCUT2D eigenvalue weighted by molar-refractivity contribution is 7.93. The van der Waals surface area contributed by atoms with Crippen molar-refractivity contribution >= 4 is 26.8 Å². The van der Waals surface area contributed by atoms with Crippen LogP contribution in [0.3, 0.4) is 0 Å². The number of anilines is 1. The van der Waals surface area contributed by atoms with E-state index in [0.29, 0.717) is 16.7 Å². The van der Waals surface area contributed by atoms with Gasteiger partial charge >= 0.3 is 0 Å². The summed E-state index contributed by atoms with van der Waals surface area (Å²) >= 11 is 0. The maximum Gasteiger partial charge on any atom is 0.270 e. The Labute approximate surface area is 168 Å². The van der Waals surface area contributed by atoms with Crippen molar-refractivity contribution in [1.29, 1.82) is 0 Å². The number of benzene rings is 2. The smallest absolute Gasteiger partial charge is 0.270 e. The van der Waals surface area contributed by atoms with Crippen LogP contribution in [0.25, 0.3) is 11.0 Å². The fourth-order valence-electron chi connectivity index (χ4n) is 2.92. The molecule has 1 atom stereocenters. The molecular formula is C19H22N2O7S. The second kappa shape index (κ2) is 8.18. The fourth-order valence-corrected chi connectivity index (χ4v) is 4.25. The monoisotopic (exact) mass is 422 g/mol. The molecule has 1 aromatic heterocycles. The van der Waals surface area contributed by atoms with Crippen molar-refractivity contribution in [3.63, 3.8) is 0 Å². The van der Waals surface area contributed by atoms with Gasteiger partial charge in [0, 0.05) is 7.11 Å². The summed E-state index contributed by atoms with van der Waals surface area (Å²) in [5, 5.41) is 4.27. The van der Waals surface area contributed by atoms with E-state index in [1.54, 1.807) is 25.3 Å². The van der Waals surface area contributed by atoms with Gasteiger partial charge in [-0.3, -0.25) is 4.72 Å². The van der Waals surface area contributed by atoms with Crippen molar-refractivity contribution in [2.75, 3.05) is 33.2 Å². The summed E-state index contributed by atoms with van der Waals surface area (Å²) in [5.41, 5.74) is 1.15. The second-order valence-corrected chi connectivity index (χ2v) is 7.72. The molecule has 3 rings (SSSR count). The average molecular weight is 422 g/mol. The summed E-state index contributed by atoms with van der Waals surface area (Å²) in [6, 6.07) is 8.15. The lowest BCUT2D eigenvalue weighted by Crippen LogP contribution is -2.15. The Morgan fingerprint density at radius 3 is 2.17 bits per heavy atom. The van der Waals surface area contributed by atoms with Crippen LogP contribution in [0, 0.1) is 0 Å². The SMILES string of the molecule is COc1cccc(OC)c1S(=O)(=O)Nc1noc2cc(C(C)OC)cc(OC)c12. The first kappa shape index (κ1) is 20.7. The number of hydrogen-bond donors (Lipinski definition) is 1. The standard InChI is InChI=1S/C19H22N2O7S/c1-11(24-2)12-9-15(27-5)17-16(10-12)28-20-19(17)21-29(22,23)18-13(25-3)7-6-8-14(18)26-4/h6-11H,1-5H3,(H,20,21). The minimum Gasteiger partial charge on any atom is -0.496 e. The third kappa shape index (κ3) is 3.81. The predicted octanol–water partition coefficient (Wildman–Crippen LogP) is 3.36. The van der Waals surface area contributed by atoms with Gasteiger partial charge in [0.15, 0.2) is 16.3 Å². The molecule has 2 aromatic carbocycles. The van der Waals surface area contributed by atoms with E-state index in [9.17, 15) is 8.42 Å². The van der Waals surface area contributed by atoms with Crippen molar-refractivity contribution in [3.8, 4) is 17.2 Å².